The molecule has 7 heteroatoms. The molecule has 0 aliphatic rings. The van der Waals surface area contributed by atoms with Gasteiger partial charge in [-0.2, -0.15) is 5.10 Å². The summed E-state index contributed by atoms with van der Waals surface area (Å²) in [7, 11) is 0. The highest BCUT2D eigenvalue weighted by atomic mass is 35.5. The Kier molecular flexibility index (Phi) is 5.11. The monoisotopic (exact) mass is 317 g/mol. The minimum absolute atomic E-state index is 0.0148. The van der Waals surface area contributed by atoms with Gasteiger partial charge in [0.25, 0.3) is 0 Å². The van der Waals surface area contributed by atoms with Crippen molar-refractivity contribution in [2.45, 2.75) is 0 Å². The second-order valence-corrected chi connectivity index (χ2v) is 4.60. The fourth-order valence-corrected chi connectivity index (χ4v) is 1.73. The van der Waals surface area contributed by atoms with E-state index in [4.69, 9.17) is 11.6 Å². The van der Waals surface area contributed by atoms with E-state index in [0.29, 0.717) is 16.3 Å². The molecule has 2 rings (SSSR count). The number of benzene rings is 2. The number of para-hydroxylation sites is 2. The zero-order valence-corrected chi connectivity index (χ0v) is 12.0. The SMILES string of the molecule is O=C(N/N=C/c1ccccc1O)C(=O)Nc1ccccc1Cl. The Morgan fingerprint density at radius 3 is 2.45 bits per heavy atom. The molecule has 22 heavy (non-hydrogen) atoms. The van der Waals surface area contributed by atoms with Crippen molar-refractivity contribution in [3.63, 3.8) is 0 Å². The third kappa shape index (κ3) is 4.07. The Bertz CT molecular complexity index is 731. The topological polar surface area (TPSA) is 90.8 Å². The lowest BCUT2D eigenvalue weighted by molar-refractivity contribution is -0.136. The van der Waals surface area contributed by atoms with Crippen LogP contribution in [0.1, 0.15) is 5.56 Å². The number of rotatable bonds is 3. The molecule has 0 saturated carbocycles. The Hall–Kier alpha value is -2.86. The quantitative estimate of drug-likeness (QED) is 0.460. The predicted molar refractivity (Wildman–Crippen MR) is 83.9 cm³/mol. The molecule has 6 nitrogen and oxygen atoms in total. The molecule has 2 aromatic carbocycles. The van der Waals surface area contributed by atoms with Crippen LogP contribution in [0, 0.1) is 0 Å². The van der Waals surface area contributed by atoms with Crippen LogP contribution in [0.4, 0.5) is 5.69 Å². The average Bonchev–Trinajstić information content (AvgIpc) is 2.51. The summed E-state index contributed by atoms with van der Waals surface area (Å²) < 4.78 is 0. The number of phenolic OH excluding ortho intramolecular Hbond substituents is 1. The molecule has 112 valence electrons. The van der Waals surface area contributed by atoms with Crippen LogP contribution in [0.3, 0.4) is 0 Å². The molecule has 0 unspecified atom stereocenters. The van der Waals surface area contributed by atoms with Crippen molar-refractivity contribution < 1.29 is 14.7 Å². The van der Waals surface area contributed by atoms with Crippen LogP contribution in [0.2, 0.25) is 5.02 Å². The second kappa shape index (κ2) is 7.24. The fraction of sp³-hybridized carbons (Fsp3) is 0. The van der Waals surface area contributed by atoms with Crippen LogP contribution in [0.25, 0.3) is 0 Å². The van der Waals surface area contributed by atoms with E-state index in [-0.39, 0.29) is 5.75 Å². The Labute approximate surface area is 131 Å². The van der Waals surface area contributed by atoms with Crippen molar-refractivity contribution in [3.05, 3.63) is 59.1 Å². The smallest absolute Gasteiger partial charge is 0.329 e. The van der Waals surface area contributed by atoms with E-state index in [1.54, 1.807) is 42.5 Å². The first-order valence-corrected chi connectivity index (χ1v) is 6.62. The Morgan fingerprint density at radius 2 is 1.73 bits per heavy atom. The molecule has 0 fully saturated rings. The number of amides is 2. The predicted octanol–water partition coefficient (Wildman–Crippen LogP) is 2.13. The van der Waals surface area contributed by atoms with Gasteiger partial charge in [0.15, 0.2) is 0 Å². The zero-order chi connectivity index (χ0) is 15.9. The molecule has 0 spiro atoms. The number of nitrogens with one attached hydrogen (secondary N) is 2. The van der Waals surface area contributed by atoms with Gasteiger partial charge in [0.05, 0.1) is 16.9 Å². The van der Waals surface area contributed by atoms with Gasteiger partial charge in [-0.15, -0.1) is 0 Å². The van der Waals surface area contributed by atoms with Crippen LogP contribution in [-0.2, 0) is 9.59 Å². The number of halogens is 1. The maximum absolute atomic E-state index is 11.7. The number of anilines is 1. The molecule has 2 amide bonds. The summed E-state index contributed by atoms with van der Waals surface area (Å²) >= 11 is 5.87. The molecule has 0 aliphatic heterocycles. The third-order valence-electron chi connectivity index (χ3n) is 2.63. The highest BCUT2D eigenvalue weighted by Crippen LogP contribution is 2.20. The second-order valence-electron chi connectivity index (χ2n) is 4.19. The molecule has 3 N–H and O–H groups in total. The van der Waals surface area contributed by atoms with Gasteiger partial charge >= 0.3 is 11.8 Å². The lowest BCUT2D eigenvalue weighted by atomic mass is 10.2. The molecular formula is C15H12ClN3O3. The number of aromatic hydroxyl groups is 1. The molecule has 0 aliphatic carbocycles. The maximum Gasteiger partial charge on any atom is 0.329 e. The third-order valence-corrected chi connectivity index (χ3v) is 2.96. The van der Waals surface area contributed by atoms with E-state index in [1.807, 2.05) is 0 Å². The van der Waals surface area contributed by atoms with E-state index in [0.717, 1.165) is 0 Å². The van der Waals surface area contributed by atoms with Gasteiger partial charge in [-0.1, -0.05) is 35.9 Å². The van der Waals surface area contributed by atoms with E-state index < -0.39 is 11.8 Å². The fourth-order valence-electron chi connectivity index (χ4n) is 1.55. The van der Waals surface area contributed by atoms with Gasteiger partial charge in [-0.3, -0.25) is 9.59 Å². The van der Waals surface area contributed by atoms with E-state index in [9.17, 15) is 14.7 Å². The van der Waals surface area contributed by atoms with Crippen molar-refractivity contribution in [2.24, 2.45) is 5.10 Å². The number of hydrazone groups is 1. The highest BCUT2D eigenvalue weighted by molar-refractivity contribution is 6.41. The number of carbonyl (C=O) groups excluding carboxylic acids is 2. The number of hydrogen-bond acceptors (Lipinski definition) is 4. The number of phenols is 1. The lowest BCUT2D eigenvalue weighted by Crippen LogP contribution is -2.32. The van der Waals surface area contributed by atoms with Crippen molar-refractivity contribution in [3.8, 4) is 5.75 Å². The molecule has 0 saturated heterocycles. The molecular weight excluding hydrogens is 306 g/mol. The average molecular weight is 318 g/mol. The molecule has 0 radical (unpaired) electrons. The summed E-state index contributed by atoms with van der Waals surface area (Å²) in [4.78, 5) is 23.3. The summed E-state index contributed by atoms with van der Waals surface area (Å²) in [6, 6.07) is 13.0. The van der Waals surface area contributed by atoms with Crippen LogP contribution in [0.5, 0.6) is 5.75 Å². The summed E-state index contributed by atoms with van der Waals surface area (Å²) in [5, 5.41) is 15.8. The van der Waals surface area contributed by atoms with E-state index in [1.165, 1.54) is 12.3 Å². The summed E-state index contributed by atoms with van der Waals surface area (Å²) in [6.07, 6.45) is 1.23. The molecule has 0 bridgehead atoms. The van der Waals surface area contributed by atoms with Crippen LogP contribution in [-0.4, -0.2) is 23.1 Å². The van der Waals surface area contributed by atoms with Crippen molar-refractivity contribution in [2.75, 3.05) is 5.32 Å². The number of carbonyl (C=O) groups is 2. The summed E-state index contributed by atoms with van der Waals surface area (Å²) in [5.74, 6) is -1.84. The summed E-state index contributed by atoms with van der Waals surface area (Å²) in [5.41, 5.74) is 2.80. The highest BCUT2D eigenvalue weighted by Gasteiger charge is 2.14. The van der Waals surface area contributed by atoms with Crippen LogP contribution < -0.4 is 10.7 Å². The number of hydrogen-bond donors (Lipinski definition) is 3. The number of nitrogens with zero attached hydrogens (tertiary/aromatic N) is 1. The van der Waals surface area contributed by atoms with Crippen LogP contribution in [0.15, 0.2) is 53.6 Å². The van der Waals surface area contributed by atoms with Crippen LogP contribution >= 0.6 is 11.6 Å². The van der Waals surface area contributed by atoms with Gasteiger partial charge in [0, 0.05) is 5.56 Å². The summed E-state index contributed by atoms with van der Waals surface area (Å²) in [6.45, 7) is 0. The van der Waals surface area contributed by atoms with Gasteiger partial charge in [-0.25, -0.2) is 5.43 Å². The maximum atomic E-state index is 11.7. The van der Waals surface area contributed by atoms with Gasteiger partial charge in [0.1, 0.15) is 5.75 Å². The van der Waals surface area contributed by atoms with E-state index >= 15 is 0 Å². The first-order valence-electron chi connectivity index (χ1n) is 6.25. The minimum atomic E-state index is -0.952. The minimum Gasteiger partial charge on any atom is -0.507 e. The zero-order valence-electron chi connectivity index (χ0n) is 11.3. The largest absolute Gasteiger partial charge is 0.507 e. The molecule has 2 aromatic rings. The molecule has 0 heterocycles. The van der Waals surface area contributed by atoms with E-state index in [2.05, 4.69) is 15.8 Å². The Balaban J connectivity index is 1.94. The lowest BCUT2D eigenvalue weighted by Gasteiger charge is -2.05. The van der Waals surface area contributed by atoms with Crippen molar-refractivity contribution in [1.29, 1.82) is 0 Å². The van der Waals surface area contributed by atoms with Crippen molar-refractivity contribution >= 4 is 35.3 Å². The standard InChI is InChI=1S/C15H12ClN3O3/c16-11-6-2-3-7-12(11)18-14(21)15(22)19-17-9-10-5-1-4-8-13(10)20/h1-9,20H,(H,18,21)(H,19,22)/b17-9+. The normalized spacial score (nSPS) is 10.4. The Morgan fingerprint density at radius 1 is 1.05 bits per heavy atom. The van der Waals surface area contributed by atoms with Gasteiger partial charge < -0.3 is 10.4 Å². The molecule has 0 atom stereocenters. The van der Waals surface area contributed by atoms with Crippen molar-refractivity contribution in [1.82, 2.24) is 5.43 Å². The first-order chi connectivity index (χ1) is 10.6. The molecule has 0 aromatic heterocycles. The van der Waals surface area contributed by atoms with Gasteiger partial charge in [-0.05, 0) is 24.3 Å². The first kappa shape index (κ1) is 15.5. The van der Waals surface area contributed by atoms with Gasteiger partial charge in [0.2, 0.25) is 0 Å².